The Morgan fingerprint density at radius 1 is 1.15 bits per heavy atom. The molecule has 1 saturated heterocycles. The molecule has 1 aromatic rings. The number of rotatable bonds is 6. The molecule has 11 heteroatoms. The summed E-state index contributed by atoms with van der Waals surface area (Å²) in [7, 11) is 1.17. The van der Waals surface area contributed by atoms with E-state index in [1.165, 1.54) is 16.9 Å². The maximum atomic E-state index is 13.0. The highest BCUT2D eigenvalue weighted by Gasteiger charge is 2.41. The lowest BCUT2D eigenvalue weighted by Crippen LogP contribution is -2.63. The molecule has 2 rings (SSSR count). The van der Waals surface area contributed by atoms with Crippen LogP contribution >= 0.6 is 0 Å². The van der Waals surface area contributed by atoms with Crippen LogP contribution in [0.5, 0.6) is 0 Å². The van der Waals surface area contributed by atoms with Crippen molar-refractivity contribution >= 4 is 24.1 Å². The molecular formula is C22H31N3O8. The van der Waals surface area contributed by atoms with Crippen molar-refractivity contribution in [1.82, 2.24) is 15.1 Å². The molecule has 1 heterocycles. The van der Waals surface area contributed by atoms with E-state index >= 15 is 0 Å². The molecule has 1 fully saturated rings. The third-order valence-corrected chi connectivity index (χ3v) is 4.77. The van der Waals surface area contributed by atoms with Crippen LogP contribution in [0.3, 0.4) is 0 Å². The number of nitrogens with zero attached hydrogens (tertiary/aromatic N) is 2. The molecule has 3 amide bonds. The van der Waals surface area contributed by atoms with Gasteiger partial charge >= 0.3 is 18.2 Å². The number of ether oxygens (including phenoxy) is 3. The largest absolute Gasteiger partial charge is 0.467 e. The first-order valence-corrected chi connectivity index (χ1v) is 10.5. The first kappa shape index (κ1) is 25.9. The Balaban J connectivity index is 2.03. The summed E-state index contributed by atoms with van der Waals surface area (Å²) in [6, 6.07) is 6.49. The minimum Gasteiger partial charge on any atom is -0.467 e. The number of nitrogens with one attached hydrogen (secondary N) is 1. The summed E-state index contributed by atoms with van der Waals surface area (Å²) in [5.41, 5.74) is 0.0279. The third-order valence-electron chi connectivity index (χ3n) is 4.77. The van der Waals surface area contributed by atoms with E-state index in [2.05, 4.69) is 5.32 Å². The molecule has 1 aliphatic heterocycles. The topological polar surface area (TPSA) is 135 Å². The van der Waals surface area contributed by atoms with Gasteiger partial charge in [-0.25, -0.2) is 14.4 Å². The number of piperazine rings is 1. The fraction of sp³-hybridized carbons (Fsp3) is 0.545. The molecule has 0 aromatic heterocycles. The summed E-state index contributed by atoms with van der Waals surface area (Å²) in [4.78, 5) is 52.4. The van der Waals surface area contributed by atoms with Crippen LogP contribution in [0, 0.1) is 0 Å². The summed E-state index contributed by atoms with van der Waals surface area (Å²) in [6.45, 7) is 4.37. The molecule has 2 N–H and O–H groups in total. The minimum absolute atomic E-state index is 0.0155. The number of benzene rings is 1. The Morgan fingerprint density at radius 2 is 1.82 bits per heavy atom. The smallest absolute Gasteiger partial charge is 0.410 e. The fourth-order valence-corrected chi connectivity index (χ4v) is 3.17. The zero-order valence-electron chi connectivity index (χ0n) is 19.3. The van der Waals surface area contributed by atoms with Gasteiger partial charge in [0.05, 0.1) is 20.3 Å². The number of esters is 1. The zero-order valence-corrected chi connectivity index (χ0v) is 19.3. The Labute approximate surface area is 192 Å². The number of amides is 3. The van der Waals surface area contributed by atoms with E-state index in [0.717, 1.165) is 5.56 Å². The number of methoxy groups -OCH3 is 1. The van der Waals surface area contributed by atoms with E-state index in [0.29, 0.717) is 0 Å². The standard InChI is InChI=1S/C22H31N3O8/c1-22(2,3)33-21(30)24-10-11-25(17(12-24)19(28)31-4)18(27)16(13-26)23-20(29)32-14-15-8-6-5-7-9-15/h5-9,16-17,26H,10-14H2,1-4H3,(H,23,29)/t16-,17?/m1/s1. The summed E-state index contributed by atoms with van der Waals surface area (Å²) >= 11 is 0. The van der Waals surface area contributed by atoms with E-state index in [4.69, 9.17) is 14.2 Å². The van der Waals surface area contributed by atoms with Crippen molar-refractivity contribution in [3.05, 3.63) is 35.9 Å². The number of carbonyl (C=O) groups excluding carboxylic acids is 4. The molecule has 0 radical (unpaired) electrons. The molecule has 1 unspecified atom stereocenters. The van der Waals surface area contributed by atoms with Gasteiger partial charge in [0.2, 0.25) is 5.91 Å². The molecule has 33 heavy (non-hydrogen) atoms. The van der Waals surface area contributed by atoms with Crippen molar-refractivity contribution < 1.29 is 38.5 Å². The molecule has 0 spiro atoms. The van der Waals surface area contributed by atoms with Gasteiger partial charge in [0.15, 0.2) is 0 Å². The van der Waals surface area contributed by atoms with Crippen molar-refractivity contribution in [2.45, 2.75) is 45.1 Å². The Hall–Kier alpha value is -3.34. The number of hydrogen-bond acceptors (Lipinski definition) is 8. The van der Waals surface area contributed by atoms with E-state index < -0.39 is 48.4 Å². The lowest BCUT2D eigenvalue weighted by atomic mass is 10.1. The molecule has 182 valence electrons. The van der Waals surface area contributed by atoms with Gasteiger partial charge in [-0.3, -0.25) is 4.79 Å². The maximum Gasteiger partial charge on any atom is 0.410 e. The normalized spacial score (nSPS) is 17.1. The third kappa shape index (κ3) is 7.63. The first-order chi connectivity index (χ1) is 15.6. The van der Waals surface area contributed by atoms with E-state index in [1.54, 1.807) is 45.0 Å². The number of alkyl carbamates (subject to hydrolysis) is 1. The maximum absolute atomic E-state index is 13.0. The van der Waals surface area contributed by atoms with Gasteiger partial charge in [-0.1, -0.05) is 30.3 Å². The van der Waals surface area contributed by atoms with E-state index in [9.17, 15) is 24.3 Å². The molecule has 0 aliphatic carbocycles. The molecular weight excluding hydrogens is 434 g/mol. The molecule has 2 atom stereocenters. The van der Waals surface area contributed by atoms with Crippen molar-refractivity contribution in [1.29, 1.82) is 0 Å². The van der Waals surface area contributed by atoms with Crippen LogP contribution < -0.4 is 5.32 Å². The minimum atomic E-state index is -1.34. The second-order valence-electron chi connectivity index (χ2n) is 8.44. The van der Waals surface area contributed by atoms with Gasteiger partial charge in [0.1, 0.15) is 24.3 Å². The number of hydrogen-bond donors (Lipinski definition) is 2. The zero-order chi connectivity index (χ0) is 24.6. The van der Waals surface area contributed by atoms with Crippen molar-refractivity contribution in [2.24, 2.45) is 0 Å². The predicted molar refractivity (Wildman–Crippen MR) is 116 cm³/mol. The summed E-state index contributed by atoms with van der Waals surface area (Å²) in [5.74, 6) is -1.44. The van der Waals surface area contributed by atoms with Gasteiger partial charge in [-0.2, -0.15) is 0 Å². The van der Waals surface area contributed by atoms with Crippen LogP contribution in [0.25, 0.3) is 0 Å². The van der Waals surface area contributed by atoms with Crippen LogP contribution in [0.2, 0.25) is 0 Å². The number of carbonyl (C=O) groups is 4. The van der Waals surface area contributed by atoms with Crippen LogP contribution in [0.4, 0.5) is 9.59 Å². The van der Waals surface area contributed by atoms with E-state index in [1.807, 2.05) is 6.07 Å². The number of aliphatic hydroxyl groups excluding tert-OH is 1. The fourth-order valence-electron chi connectivity index (χ4n) is 3.17. The summed E-state index contributed by atoms with van der Waals surface area (Å²) in [5, 5.41) is 12.0. The van der Waals surface area contributed by atoms with Gasteiger partial charge in [0.25, 0.3) is 0 Å². The van der Waals surface area contributed by atoms with E-state index in [-0.39, 0.29) is 26.2 Å². The Morgan fingerprint density at radius 3 is 2.39 bits per heavy atom. The Kier molecular flexibility index (Phi) is 9.03. The van der Waals surface area contributed by atoms with Gasteiger partial charge in [0, 0.05) is 13.1 Å². The van der Waals surface area contributed by atoms with Gasteiger partial charge in [-0.15, -0.1) is 0 Å². The highest BCUT2D eigenvalue weighted by Crippen LogP contribution is 2.17. The molecule has 1 aromatic carbocycles. The predicted octanol–water partition coefficient (Wildman–Crippen LogP) is 0.895. The molecule has 11 nitrogen and oxygen atoms in total. The van der Waals surface area contributed by atoms with Crippen molar-refractivity contribution in [3.8, 4) is 0 Å². The monoisotopic (exact) mass is 465 g/mol. The van der Waals surface area contributed by atoms with Crippen LogP contribution in [0.1, 0.15) is 26.3 Å². The summed E-state index contributed by atoms with van der Waals surface area (Å²) in [6.07, 6.45) is -1.52. The first-order valence-electron chi connectivity index (χ1n) is 10.5. The average Bonchev–Trinajstić information content (AvgIpc) is 2.79. The molecule has 0 bridgehead atoms. The highest BCUT2D eigenvalue weighted by molar-refractivity contribution is 5.90. The van der Waals surface area contributed by atoms with Crippen LogP contribution in [-0.4, -0.2) is 90.0 Å². The van der Waals surface area contributed by atoms with Crippen LogP contribution in [-0.2, 0) is 30.4 Å². The quantitative estimate of drug-likeness (QED) is 0.467. The molecule has 0 saturated carbocycles. The molecule has 1 aliphatic rings. The summed E-state index contributed by atoms with van der Waals surface area (Å²) < 4.78 is 15.2. The van der Waals surface area contributed by atoms with Gasteiger partial charge < -0.3 is 34.4 Å². The highest BCUT2D eigenvalue weighted by atomic mass is 16.6. The Bertz CT molecular complexity index is 840. The second-order valence-corrected chi connectivity index (χ2v) is 8.44. The van der Waals surface area contributed by atoms with Crippen molar-refractivity contribution in [2.75, 3.05) is 33.4 Å². The van der Waals surface area contributed by atoms with Crippen LogP contribution in [0.15, 0.2) is 30.3 Å². The van der Waals surface area contributed by atoms with Gasteiger partial charge in [-0.05, 0) is 26.3 Å². The lowest BCUT2D eigenvalue weighted by Gasteiger charge is -2.41. The second kappa shape index (κ2) is 11.5. The SMILES string of the molecule is COC(=O)C1CN(C(=O)OC(C)(C)C)CCN1C(=O)[C@@H](CO)NC(=O)OCc1ccccc1. The number of aliphatic hydroxyl groups is 1. The lowest BCUT2D eigenvalue weighted by molar-refractivity contribution is -0.157. The average molecular weight is 466 g/mol. The van der Waals surface area contributed by atoms with Crippen molar-refractivity contribution in [3.63, 3.8) is 0 Å².